The lowest BCUT2D eigenvalue weighted by atomic mass is 10.1. The van der Waals surface area contributed by atoms with Crippen LogP contribution in [0.1, 0.15) is 24.5 Å². The van der Waals surface area contributed by atoms with Crippen molar-refractivity contribution in [2.75, 3.05) is 6.54 Å². The van der Waals surface area contributed by atoms with Gasteiger partial charge in [-0.05, 0) is 56.0 Å². The van der Waals surface area contributed by atoms with Crippen molar-refractivity contribution in [2.24, 2.45) is 0 Å². The van der Waals surface area contributed by atoms with Gasteiger partial charge >= 0.3 is 0 Å². The van der Waals surface area contributed by atoms with Crippen molar-refractivity contribution in [2.45, 2.75) is 32.2 Å². The lowest BCUT2D eigenvalue weighted by molar-refractivity contribution is 0.474. The molecule has 2 aromatic carbocycles. The van der Waals surface area contributed by atoms with Crippen molar-refractivity contribution in [1.82, 2.24) is 5.32 Å². The van der Waals surface area contributed by atoms with Gasteiger partial charge in [0, 0.05) is 6.04 Å². The van der Waals surface area contributed by atoms with Gasteiger partial charge in [-0.2, -0.15) is 0 Å². The summed E-state index contributed by atoms with van der Waals surface area (Å²) in [4.78, 5) is 0. The number of nitrogens with one attached hydrogen (secondary N) is 1. The van der Waals surface area contributed by atoms with Gasteiger partial charge in [-0.3, -0.25) is 0 Å². The third-order valence-electron chi connectivity index (χ3n) is 3.55. The van der Waals surface area contributed by atoms with Gasteiger partial charge in [0.1, 0.15) is 5.75 Å². The van der Waals surface area contributed by atoms with Crippen LogP contribution in [0.15, 0.2) is 54.6 Å². The molecule has 0 heterocycles. The number of benzene rings is 2. The second-order valence-corrected chi connectivity index (χ2v) is 5.30. The molecule has 2 aromatic rings. The molecule has 0 aliphatic heterocycles. The van der Waals surface area contributed by atoms with Gasteiger partial charge < -0.3 is 10.4 Å². The molecule has 0 unspecified atom stereocenters. The molecular formula is C18H23NO. The number of hydrogen-bond donors (Lipinski definition) is 2. The minimum atomic E-state index is 0.336. The average Bonchev–Trinajstić information content (AvgIpc) is 2.48. The average molecular weight is 269 g/mol. The molecule has 2 rings (SSSR count). The molecule has 106 valence electrons. The monoisotopic (exact) mass is 269 g/mol. The summed E-state index contributed by atoms with van der Waals surface area (Å²) in [6.45, 7) is 3.24. The Labute approximate surface area is 121 Å². The highest BCUT2D eigenvalue weighted by Crippen LogP contribution is 2.11. The zero-order chi connectivity index (χ0) is 14.2. The lowest BCUT2D eigenvalue weighted by Gasteiger charge is -2.13. The van der Waals surface area contributed by atoms with E-state index in [2.05, 4.69) is 42.6 Å². The summed E-state index contributed by atoms with van der Waals surface area (Å²) in [5, 5.41) is 12.8. The molecule has 0 aromatic heterocycles. The topological polar surface area (TPSA) is 32.3 Å². The Hall–Kier alpha value is -1.80. The minimum Gasteiger partial charge on any atom is -0.508 e. The van der Waals surface area contributed by atoms with Gasteiger partial charge in [0.25, 0.3) is 0 Å². The molecule has 0 radical (unpaired) electrons. The molecule has 1 atom stereocenters. The molecule has 0 spiro atoms. The fourth-order valence-corrected chi connectivity index (χ4v) is 2.26. The smallest absolute Gasteiger partial charge is 0.115 e. The number of aryl methyl sites for hydroxylation is 1. The summed E-state index contributed by atoms with van der Waals surface area (Å²) in [5.74, 6) is 0.336. The number of phenols is 1. The van der Waals surface area contributed by atoms with E-state index in [-0.39, 0.29) is 0 Å². The Bertz CT molecular complexity index is 493. The zero-order valence-corrected chi connectivity index (χ0v) is 12.0. The fourth-order valence-electron chi connectivity index (χ4n) is 2.26. The first-order valence-corrected chi connectivity index (χ1v) is 7.29. The second-order valence-electron chi connectivity index (χ2n) is 5.30. The fraction of sp³-hybridized carbons (Fsp3) is 0.333. The summed E-state index contributed by atoms with van der Waals surface area (Å²) in [6, 6.07) is 18.6. The van der Waals surface area contributed by atoms with Crippen LogP contribution < -0.4 is 5.32 Å². The molecule has 0 bridgehead atoms. The van der Waals surface area contributed by atoms with Crippen LogP contribution in [0.5, 0.6) is 5.75 Å². The van der Waals surface area contributed by atoms with Gasteiger partial charge in [-0.1, -0.05) is 42.5 Å². The van der Waals surface area contributed by atoms with Gasteiger partial charge in [0.2, 0.25) is 0 Å². The second kappa shape index (κ2) is 7.71. The highest BCUT2D eigenvalue weighted by atomic mass is 16.3. The normalized spacial score (nSPS) is 12.2. The SMILES string of the molecule is C[C@@H](CCc1ccc(O)cc1)NCCc1ccccc1. The summed E-state index contributed by atoms with van der Waals surface area (Å²) in [5.41, 5.74) is 2.66. The summed E-state index contributed by atoms with van der Waals surface area (Å²) >= 11 is 0. The molecule has 2 nitrogen and oxygen atoms in total. The molecule has 0 saturated carbocycles. The molecule has 20 heavy (non-hydrogen) atoms. The lowest BCUT2D eigenvalue weighted by Crippen LogP contribution is -2.28. The minimum absolute atomic E-state index is 0.336. The summed E-state index contributed by atoms with van der Waals surface area (Å²) in [7, 11) is 0. The van der Waals surface area contributed by atoms with Gasteiger partial charge in [-0.15, -0.1) is 0 Å². The van der Waals surface area contributed by atoms with Gasteiger partial charge in [0.15, 0.2) is 0 Å². The van der Waals surface area contributed by atoms with Crippen LogP contribution in [-0.2, 0) is 12.8 Å². The Morgan fingerprint density at radius 3 is 2.25 bits per heavy atom. The van der Waals surface area contributed by atoms with Crippen LogP contribution in [0.4, 0.5) is 0 Å². The first-order valence-electron chi connectivity index (χ1n) is 7.29. The largest absolute Gasteiger partial charge is 0.508 e. The van der Waals surface area contributed by atoms with E-state index in [0.29, 0.717) is 11.8 Å². The third kappa shape index (κ3) is 5.06. The van der Waals surface area contributed by atoms with Gasteiger partial charge in [-0.25, -0.2) is 0 Å². The van der Waals surface area contributed by atoms with Crippen molar-refractivity contribution in [3.63, 3.8) is 0 Å². The predicted molar refractivity (Wildman–Crippen MR) is 84.0 cm³/mol. The maximum Gasteiger partial charge on any atom is 0.115 e. The van der Waals surface area contributed by atoms with Crippen molar-refractivity contribution >= 4 is 0 Å². The standard InChI is InChI=1S/C18H23NO/c1-15(7-8-17-9-11-18(20)12-10-17)19-14-13-16-5-3-2-4-6-16/h2-6,9-12,15,19-20H,7-8,13-14H2,1H3/t15-/m0/s1. The molecule has 0 amide bonds. The van der Waals surface area contributed by atoms with Crippen LogP contribution in [0, 0.1) is 0 Å². The molecule has 0 saturated heterocycles. The maximum absolute atomic E-state index is 9.25. The van der Waals surface area contributed by atoms with E-state index >= 15 is 0 Å². The Morgan fingerprint density at radius 1 is 0.900 bits per heavy atom. The molecule has 0 aliphatic carbocycles. The Kier molecular flexibility index (Phi) is 5.63. The number of phenolic OH excluding ortho intramolecular Hbond substituents is 1. The Morgan fingerprint density at radius 2 is 1.55 bits per heavy atom. The van der Waals surface area contributed by atoms with Crippen molar-refractivity contribution < 1.29 is 5.11 Å². The van der Waals surface area contributed by atoms with E-state index < -0.39 is 0 Å². The molecular weight excluding hydrogens is 246 g/mol. The number of aromatic hydroxyl groups is 1. The van der Waals surface area contributed by atoms with E-state index in [0.717, 1.165) is 25.8 Å². The van der Waals surface area contributed by atoms with E-state index in [1.807, 2.05) is 12.1 Å². The van der Waals surface area contributed by atoms with E-state index in [9.17, 15) is 5.11 Å². The summed E-state index contributed by atoms with van der Waals surface area (Å²) in [6.07, 6.45) is 3.23. The predicted octanol–water partition coefficient (Wildman–Crippen LogP) is 3.55. The van der Waals surface area contributed by atoms with E-state index in [1.165, 1.54) is 11.1 Å². The van der Waals surface area contributed by atoms with Crippen LogP contribution in [-0.4, -0.2) is 17.7 Å². The van der Waals surface area contributed by atoms with Crippen LogP contribution >= 0.6 is 0 Å². The van der Waals surface area contributed by atoms with Crippen LogP contribution in [0.25, 0.3) is 0 Å². The Balaban J connectivity index is 1.65. The van der Waals surface area contributed by atoms with Gasteiger partial charge in [0.05, 0.1) is 0 Å². The molecule has 2 heteroatoms. The quantitative estimate of drug-likeness (QED) is 0.805. The highest BCUT2D eigenvalue weighted by Gasteiger charge is 2.02. The first kappa shape index (κ1) is 14.6. The first-order chi connectivity index (χ1) is 9.74. The van der Waals surface area contributed by atoms with Crippen LogP contribution in [0.2, 0.25) is 0 Å². The summed E-state index contributed by atoms with van der Waals surface area (Å²) < 4.78 is 0. The highest BCUT2D eigenvalue weighted by molar-refractivity contribution is 5.25. The third-order valence-corrected chi connectivity index (χ3v) is 3.55. The molecule has 0 aliphatic rings. The zero-order valence-electron chi connectivity index (χ0n) is 12.0. The molecule has 2 N–H and O–H groups in total. The number of hydrogen-bond acceptors (Lipinski definition) is 2. The van der Waals surface area contributed by atoms with E-state index in [1.54, 1.807) is 12.1 Å². The molecule has 0 fully saturated rings. The maximum atomic E-state index is 9.25. The van der Waals surface area contributed by atoms with E-state index in [4.69, 9.17) is 0 Å². The van der Waals surface area contributed by atoms with Crippen molar-refractivity contribution in [3.05, 3.63) is 65.7 Å². The van der Waals surface area contributed by atoms with Crippen molar-refractivity contribution in [1.29, 1.82) is 0 Å². The number of rotatable bonds is 7. The van der Waals surface area contributed by atoms with Crippen LogP contribution in [0.3, 0.4) is 0 Å². The van der Waals surface area contributed by atoms with Crippen molar-refractivity contribution in [3.8, 4) is 5.75 Å².